The molecule has 2 aliphatic rings. The second kappa shape index (κ2) is 6.64. The van der Waals surface area contributed by atoms with Gasteiger partial charge in [-0.05, 0) is 19.1 Å². The number of aliphatic carboxylic acids is 1. The van der Waals surface area contributed by atoms with Crippen LogP contribution in [0.4, 0.5) is 0 Å². The van der Waals surface area contributed by atoms with E-state index in [1.54, 1.807) is 17.8 Å². The maximum atomic E-state index is 12.0. The Morgan fingerprint density at radius 3 is 2.90 bits per heavy atom. The highest BCUT2D eigenvalue weighted by Gasteiger charge is 2.33. The van der Waals surface area contributed by atoms with Crippen molar-refractivity contribution in [2.75, 3.05) is 25.4 Å². The highest BCUT2D eigenvalue weighted by Crippen LogP contribution is 2.32. The van der Waals surface area contributed by atoms with Gasteiger partial charge in [-0.15, -0.1) is 11.8 Å². The molecule has 0 aromatic rings. The summed E-state index contributed by atoms with van der Waals surface area (Å²) in [6.07, 6.45) is 3.64. The fourth-order valence-corrected chi connectivity index (χ4v) is 4.15. The minimum Gasteiger partial charge on any atom is -0.480 e. The molecule has 2 rings (SSSR count). The number of allylic oxidation sites excluding steroid dienone is 2. The van der Waals surface area contributed by atoms with Crippen LogP contribution in [-0.2, 0) is 9.59 Å². The topological polar surface area (TPSA) is 60.9 Å². The Bertz CT molecular complexity index is 516. The highest BCUT2D eigenvalue weighted by molar-refractivity contribution is 8.26. The maximum absolute atomic E-state index is 12.0. The van der Waals surface area contributed by atoms with Crippen molar-refractivity contribution in [1.82, 2.24) is 9.80 Å². The number of rotatable bonds is 4. The monoisotopic (exact) mass is 330 g/mol. The lowest BCUT2D eigenvalue weighted by molar-refractivity contribution is -0.140. The molecule has 1 N–H and O–H groups in total. The molecule has 0 radical (unpaired) electrons. The van der Waals surface area contributed by atoms with Crippen LogP contribution in [0.1, 0.15) is 6.92 Å². The summed E-state index contributed by atoms with van der Waals surface area (Å²) in [7, 11) is 0. The quantitative estimate of drug-likeness (QED) is 0.622. The lowest BCUT2D eigenvalue weighted by Gasteiger charge is -2.15. The van der Waals surface area contributed by atoms with E-state index >= 15 is 0 Å². The zero-order valence-corrected chi connectivity index (χ0v) is 13.3. The van der Waals surface area contributed by atoms with Crippen molar-refractivity contribution in [3.8, 4) is 0 Å². The predicted octanol–water partition coefficient (Wildman–Crippen LogP) is 1.73. The van der Waals surface area contributed by atoms with Crippen LogP contribution in [-0.4, -0.2) is 56.5 Å². The van der Waals surface area contributed by atoms with E-state index in [-0.39, 0.29) is 12.5 Å². The average Bonchev–Trinajstić information content (AvgIpc) is 2.95. The molecule has 8 heteroatoms. The van der Waals surface area contributed by atoms with E-state index < -0.39 is 5.97 Å². The molecule has 0 aliphatic carbocycles. The van der Waals surface area contributed by atoms with E-state index in [0.29, 0.717) is 9.23 Å². The van der Waals surface area contributed by atoms with Gasteiger partial charge in [-0.3, -0.25) is 14.5 Å². The van der Waals surface area contributed by atoms with Gasteiger partial charge in [-0.1, -0.05) is 24.0 Å². The molecule has 2 fully saturated rings. The summed E-state index contributed by atoms with van der Waals surface area (Å²) in [5, 5.41) is 9.90. The SMILES string of the molecule is CCN1CCSC1=CC=C1SC(=S)N(CC(=O)O)C1=O. The molecule has 2 aliphatic heterocycles. The molecule has 20 heavy (non-hydrogen) atoms. The van der Waals surface area contributed by atoms with Crippen molar-refractivity contribution in [2.45, 2.75) is 6.92 Å². The first-order chi connectivity index (χ1) is 9.52. The van der Waals surface area contributed by atoms with Crippen LogP contribution >= 0.6 is 35.7 Å². The maximum Gasteiger partial charge on any atom is 0.323 e. The molecule has 0 aromatic heterocycles. The molecule has 0 unspecified atom stereocenters. The van der Waals surface area contributed by atoms with Gasteiger partial charge in [0.15, 0.2) is 0 Å². The van der Waals surface area contributed by atoms with E-state index in [1.165, 1.54) is 0 Å². The van der Waals surface area contributed by atoms with Gasteiger partial charge in [0.2, 0.25) is 0 Å². The van der Waals surface area contributed by atoms with Crippen molar-refractivity contribution in [3.63, 3.8) is 0 Å². The van der Waals surface area contributed by atoms with Crippen LogP contribution in [0.3, 0.4) is 0 Å². The van der Waals surface area contributed by atoms with E-state index in [9.17, 15) is 9.59 Å². The van der Waals surface area contributed by atoms with Gasteiger partial charge in [-0.25, -0.2) is 0 Å². The third-order valence-corrected chi connectivity index (χ3v) is 5.32. The van der Waals surface area contributed by atoms with Gasteiger partial charge >= 0.3 is 5.97 Å². The molecule has 108 valence electrons. The van der Waals surface area contributed by atoms with Crippen LogP contribution in [0.25, 0.3) is 0 Å². The average molecular weight is 330 g/mol. The normalized spacial score (nSPS) is 23.4. The smallest absolute Gasteiger partial charge is 0.323 e. The number of hydrogen-bond acceptors (Lipinski definition) is 6. The second-order valence-electron chi connectivity index (χ2n) is 4.12. The Hall–Kier alpha value is -0.990. The Morgan fingerprint density at radius 1 is 1.50 bits per heavy atom. The van der Waals surface area contributed by atoms with Crippen molar-refractivity contribution < 1.29 is 14.7 Å². The Kier molecular flexibility index (Phi) is 5.11. The molecule has 2 saturated heterocycles. The zero-order chi connectivity index (χ0) is 14.7. The van der Waals surface area contributed by atoms with Crippen molar-refractivity contribution in [3.05, 3.63) is 22.1 Å². The van der Waals surface area contributed by atoms with Crippen molar-refractivity contribution >= 4 is 51.9 Å². The molecule has 0 atom stereocenters. The number of carboxylic acids is 1. The number of amides is 1. The molecule has 1 amide bonds. The first-order valence-corrected chi connectivity index (χ1v) is 8.29. The van der Waals surface area contributed by atoms with Crippen molar-refractivity contribution in [1.29, 1.82) is 0 Å². The number of carbonyl (C=O) groups is 2. The first-order valence-electron chi connectivity index (χ1n) is 6.08. The van der Waals surface area contributed by atoms with Crippen LogP contribution in [0.5, 0.6) is 0 Å². The third kappa shape index (κ3) is 3.36. The predicted molar refractivity (Wildman–Crippen MR) is 85.4 cm³/mol. The molecule has 5 nitrogen and oxygen atoms in total. The zero-order valence-electron chi connectivity index (χ0n) is 10.9. The summed E-state index contributed by atoms with van der Waals surface area (Å²) in [6.45, 7) is 3.66. The molecular formula is C12H14N2O3S3. The number of carbonyl (C=O) groups excluding carboxylic acids is 1. The van der Waals surface area contributed by atoms with Gasteiger partial charge in [0.05, 0.1) is 9.93 Å². The second-order valence-corrected chi connectivity index (χ2v) is 6.91. The molecule has 0 bridgehead atoms. The lowest BCUT2D eigenvalue weighted by atomic mass is 10.4. The highest BCUT2D eigenvalue weighted by atomic mass is 32.2. The van der Waals surface area contributed by atoms with Gasteiger partial charge in [0.25, 0.3) is 5.91 Å². The van der Waals surface area contributed by atoms with E-state index in [2.05, 4.69) is 11.8 Å². The first kappa shape index (κ1) is 15.4. The Balaban J connectivity index is 2.12. The summed E-state index contributed by atoms with van der Waals surface area (Å²) >= 11 is 7.94. The standard InChI is InChI=1S/C12H14N2O3S3/c1-2-13-5-6-19-9(13)4-3-8-11(17)14(7-10(15)16)12(18)20-8/h3-4H,2,5-7H2,1H3,(H,15,16). The van der Waals surface area contributed by atoms with Crippen LogP contribution in [0.15, 0.2) is 22.1 Å². The van der Waals surface area contributed by atoms with Gasteiger partial charge in [0, 0.05) is 18.8 Å². The number of carboxylic acid groups (broad SMARTS) is 1. The number of thioether (sulfide) groups is 2. The fraction of sp³-hybridized carbons (Fsp3) is 0.417. The van der Waals surface area contributed by atoms with Gasteiger partial charge in [0.1, 0.15) is 10.9 Å². The molecule has 0 spiro atoms. The number of thiocarbonyl (C=S) groups is 1. The van der Waals surface area contributed by atoms with Crippen LogP contribution in [0.2, 0.25) is 0 Å². The summed E-state index contributed by atoms with van der Waals surface area (Å²) < 4.78 is 0.300. The molecule has 2 heterocycles. The number of nitrogens with zero attached hydrogens (tertiary/aromatic N) is 2. The van der Waals surface area contributed by atoms with E-state index in [0.717, 1.165) is 40.5 Å². The molecule has 0 aromatic carbocycles. The summed E-state index contributed by atoms with van der Waals surface area (Å²) in [6, 6.07) is 0. The molecular weight excluding hydrogens is 316 g/mol. The van der Waals surface area contributed by atoms with E-state index in [4.69, 9.17) is 17.3 Å². The van der Waals surface area contributed by atoms with Crippen LogP contribution < -0.4 is 0 Å². The minimum absolute atomic E-state index is 0.300. The summed E-state index contributed by atoms with van der Waals surface area (Å²) in [4.78, 5) is 26.6. The van der Waals surface area contributed by atoms with Gasteiger partial charge < -0.3 is 10.0 Å². The number of hydrogen-bond donors (Lipinski definition) is 1. The summed E-state index contributed by atoms with van der Waals surface area (Å²) in [5.41, 5.74) is 0. The van der Waals surface area contributed by atoms with E-state index in [1.807, 2.05) is 6.08 Å². The fourth-order valence-electron chi connectivity index (χ4n) is 1.86. The third-order valence-electron chi connectivity index (χ3n) is 2.85. The largest absolute Gasteiger partial charge is 0.480 e. The Labute approximate surface area is 131 Å². The minimum atomic E-state index is -1.07. The summed E-state index contributed by atoms with van der Waals surface area (Å²) in [5.74, 6) is -0.345. The molecule has 0 saturated carbocycles. The van der Waals surface area contributed by atoms with Gasteiger partial charge in [-0.2, -0.15) is 0 Å². The lowest BCUT2D eigenvalue weighted by Crippen LogP contribution is -2.33. The van der Waals surface area contributed by atoms with Crippen LogP contribution in [0, 0.1) is 0 Å². The Morgan fingerprint density at radius 2 is 2.25 bits per heavy atom. The van der Waals surface area contributed by atoms with Crippen molar-refractivity contribution in [2.24, 2.45) is 0 Å².